The molecule has 0 bridgehead atoms. The van der Waals surface area contributed by atoms with Gasteiger partial charge < -0.3 is 9.84 Å². The topological polar surface area (TPSA) is 59.4 Å². The molecule has 0 aromatic carbocycles. The number of carboxylic acid groups (broad SMARTS) is 1. The first-order valence-corrected chi connectivity index (χ1v) is 5.67. The molecule has 1 saturated carbocycles. The average Bonchev–Trinajstić information content (AvgIpc) is 2.33. The molecular weight excluding hydrogens is 225 g/mol. The zero-order valence-electron chi connectivity index (χ0n) is 9.36. The quantitative estimate of drug-likeness (QED) is 0.879. The number of hydrogen-bond donors (Lipinski definition) is 1. The number of rotatable bonds is 3. The highest BCUT2D eigenvalue weighted by atomic mass is 19.1. The minimum absolute atomic E-state index is 0.225. The lowest BCUT2D eigenvalue weighted by molar-refractivity contribution is -0.158. The summed E-state index contributed by atoms with van der Waals surface area (Å²) in [6.07, 6.45) is 4.73. The van der Waals surface area contributed by atoms with Gasteiger partial charge in [0.05, 0.1) is 0 Å². The van der Waals surface area contributed by atoms with Crippen LogP contribution in [0.1, 0.15) is 32.1 Å². The van der Waals surface area contributed by atoms with Crippen LogP contribution in [0.2, 0.25) is 0 Å². The third kappa shape index (κ3) is 2.38. The van der Waals surface area contributed by atoms with Crippen molar-refractivity contribution in [1.29, 1.82) is 0 Å². The van der Waals surface area contributed by atoms with Crippen LogP contribution in [0.5, 0.6) is 5.88 Å². The molecule has 1 aliphatic carbocycles. The second-order valence-corrected chi connectivity index (χ2v) is 4.25. The van der Waals surface area contributed by atoms with Crippen LogP contribution in [0.25, 0.3) is 0 Å². The molecule has 1 heterocycles. The SMILES string of the molecule is O=C(O)C1(Oc2ncccc2F)CCCCC1. The van der Waals surface area contributed by atoms with Gasteiger partial charge in [0, 0.05) is 6.20 Å². The van der Waals surface area contributed by atoms with Crippen LogP contribution in [0.4, 0.5) is 4.39 Å². The van der Waals surface area contributed by atoms with E-state index in [-0.39, 0.29) is 5.88 Å². The minimum Gasteiger partial charge on any atom is -0.478 e. The summed E-state index contributed by atoms with van der Waals surface area (Å²) in [5.74, 6) is -1.89. The third-order valence-electron chi connectivity index (χ3n) is 3.07. The molecule has 0 aliphatic heterocycles. The summed E-state index contributed by atoms with van der Waals surface area (Å²) >= 11 is 0. The van der Waals surface area contributed by atoms with E-state index in [0.717, 1.165) is 19.3 Å². The number of hydrogen-bond acceptors (Lipinski definition) is 3. The Morgan fingerprint density at radius 1 is 1.41 bits per heavy atom. The lowest BCUT2D eigenvalue weighted by Gasteiger charge is -2.33. The van der Waals surface area contributed by atoms with Crippen LogP contribution in [0.3, 0.4) is 0 Å². The van der Waals surface area contributed by atoms with Gasteiger partial charge in [-0.1, -0.05) is 6.42 Å². The Kier molecular flexibility index (Phi) is 3.26. The van der Waals surface area contributed by atoms with Crippen LogP contribution < -0.4 is 4.74 Å². The van der Waals surface area contributed by atoms with Gasteiger partial charge >= 0.3 is 5.97 Å². The molecule has 1 N–H and O–H groups in total. The van der Waals surface area contributed by atoms with Crippen molar-refractivity contribution in [3.05, 3.63) is 24.1 Å². The van der Waals surface area contributed by atoms with Crippen molar-refractivity contribution < 1.29 is 19.0 Å². The fraction of sp³-hybridized carbons (Fsp3) is 0.500. The largest absolute Gasteiger partial charge is 0.478 e. The van der Waals surface area contributed by atoms with Crippen molar-refractivity contribution in [3.63, 3.8) is 0 Å². The van der Waals surface area contributed by atoms with E-state index in [1.165, 1.54) is 18.3 Å². The van der Waals surface area contributed by atoms with E-state index < -0.39 is 17.4 Å². The Labute approximate surface area is 98.4 Å². The van der Waals surface area contributed by atoms with E-state index in [2.05, 4.69) is 4.98 Å². The second kappa shape index (κ2) is 4.69. The van der Waals surface area contributed by atoms with Gasteiger partial charge in [-0.25, -0.2) is 14.2 Å². The standard InChI is InChI=1S/C12H14FNO3/c13-9-5-4-8-14-10(9)17-12(11(15)16)6-2-1-3-7-12/h4-5,8H,1-3,6-7H2,(H,15,16). The predicted octanol–water partition coefficient (Wildman–Crippen LogP) is 2.39. The Bertz CT molecular complexity index is 416. The maximum atomic E-state index is 13.4. The number of carbonyl (C=O) groups is 1. The minimum atomic E-state index is -1.31. The number of aliphatic carboxylic acids is 1. The first-order valence-electron chi connectivity index (χ1n) is 5.67. The van der Waals surface area contributed by atoms with E-state index in [1.807, 2.05) is 0 Å². The smallest absolute Gasteiger partial charge is 0.348 e. The van der Waals surface area contributed by atoms with Gasteiger partial charge in [0.15, 0.2) is 5.82 Å². The first-order chi connectivity index (χ1) is 8.14. The van der Waals surface area contributed by atoms with Gasteiger partial charge in [0.1, 0.15) is 0 Å². The van der Waals surface area contributed by atoms with Gasteiger partial charge in [-0.15, -0.1) is 0 Å². The molecule has 1 aromatic heterocycles. The van der Waals surface area contributed by atoms with Crippen LogP contribution in [0, 0.1) is 5.82 Å². The van der Waals surface area contributed by atoms with Crippen molar-refractivity contribution >= 4 is 5.97 Å². The third-order valence-corrected chi connectivity index (χ3v) is 3.07. The fourth-order valence-electron chi connectivity index (χ4n) is 2.11. The number of pyridine rings is 1. The van der Waals surface area contributed by atoms with Crippen molar-refractivity contribution in [2.45, 2.75) is 37.7 Å². The summed E-state index contributed by atoms with van der Waals surface area (Å²) in [5, 5.41) is 9.27. The number of ether oxygens (including phenoxy) is 1. The Balaban J connectivity index is 2.24. The summed E-state index contributed by atoms with van der Waals surface area (Å²) < 4.78 is 18.7. The zero-order chi connectivity index (χ0) is 12.3. The van der Waals surface area contributed by atoms with Crippen LogP contribution in [0.15, 0.2) is 18.3 Å². The molecule has 4 nitrogen and oxygen atoms in total. The van der Waals surface area contributed by atoms with Gasteiger partial charge in [-0.3, -0.25) is 0 Å². The van der Waals surface area contributed by atoms with E-state index >= 15 is 0 Å². The molecule has 0 radical (unpaired) electrons. The van der Waals surface area contributed by atoms with E-state index in [1.54, 1.807) is 0 Å². The van der Waals surface area contributed by atoms with Gasteiger partial charge in [-0.05, 0) is 37.8 Å². The second-order valence-electron chi connectivity index (χ2n) is 4.25. The number of nitrogens with zero attached hydrogens (tertiary/aromatic N) is 1. The monoisotopic (exact) mass is 239 g/mol. The normalized spacial score (nSPS) is 18.6. The molecule has 0 amide bonds. The summed E-state index contributed by atoms with van der Waals surface area (Å²) in [7, 11) is 0. The van der Waals surface area contributed by atoms with E-state index in [0.29, 0.717) is 12.8 Å². The maximum absolute atomic E-state index is 13.4. The highest BCUT2D eigenvalue weighted by Crippen LogP contribution is 2.33. The molecule has 0 saturated heterocycles. The summed E-state index contributed by atoms with van der Waals surface area (Å²) in [4.78, 5) is 15.1. The maximum Gasteiger partial charge on any atom is 0.348 e. The molecule has 5 heteroatoms. The van der Waals surface area contributed by atoms with Crippen molar-refractivity contribution in [2.75, 3.05) is 0 Å². The molecule has 1 aliphatic rings. The van der Waals surface area contributed by atoms with E-state index in [4.69, 9.17) is 4.74 Å². The molecule has 2 rings (SSSR count). The molecule has 0 spiro atoms. The zero-order valence-corrected chi connectivity index (χ0v) is 9.36. The van der Waals surface area contributed by atoms with Crippen LogP contribution in [-0.2, 0) is 4.79 Å². The number of halogens is 1. The van der Waals surface area contributed by atoms with Crippen molar-refractivity contribution in [3.8, 4) is 5.88 Å². The molecule has 0 unspecified atom stereocenters. The first kappa shape index (κ1) is 11.8. The summed E-state index contributed by atoms with van der Waals surface area (Å²) in [6.45, 7) is 0. The summed E-state index contributed by atoms with van der Waals surface area (Å²) in [6, 6.07) is 2.65. The Morgan fingerprint density at radius 2 is 2.12 bits per heavy atom. The molecule has 17 heavy (non-hydrogen) atoms. The van der Waals surface area contributed by atoms with Gasteiger partial charge in [-0.2, -0.15) is 0 Å². The molecule has 1 aromatic rings. The average molecular weight is 239 g/mol. The molecule has 1 fully saturated rings. The lowest BCUT2D eigenvalue weighted by atomic mass is 9.84. The number of carboxylic acids is 1. The Hall–Kier alpha value is -1.65. The predicted molar refractivity (Wildman–Crippen MR) is 58.3 cm³/mol. The van der Waals surface area contributed by atoms with Crippen molar-refractivity contribution in [1.82, 2.24) is 4.98 Å². The van der Waals surface area contributed by atoms with Gasteiger partial charge in [0.2, 0.25) is 5.60 Å². The van der Waals surface area contributed by atoms with Gasteiger partial charge in [0.25, 0.3) is 5.88 Å². The highest BCUT2D eigenvalue weighted by molar-refractivity contribution is 5.78. The van der Waals surface area contributed by atoms with Crippen LogP contribution in [-0.4, -0.2) is 21.7 Å². The number of aromatic nitrogens is 1. The van der Waals surface area contributed by atoms with Crippen molar-refractivity contribution in [2.24, 2.45) is 0 Å². The van der Waals surface area contributed by atoms with E-state index in [9.17, 15) is 14.3 Å². The Morgan fingerprint density at radius 3 is 2.71 bits per heavy atom. The lowest BCUT2D eigenvalue weighted by Crippen LogP contribution is -2.46. The molecule has 0 atom stereocenters. The molecular formula is C12H14FNO3. The molecule has 92 valence electrons. The highest BCUT2D eigenvalue weighted by Gasteiger charge is 2.43. The fourth-order valence-corrected chi connectivity index (χ4v) is 2.11. The van der Waals surface area contributed by atoms with Crippen LogP contribution >= 0.6 is 0 Å². The summed E-state index contributed by atoms with van der Waals surface area (Å²) in [5.41, 5.74) is -1.31.